The van der Waals surface area contributed by atoms with E-state index in [4.69, 9.17) is 10.6 Å². The number of thioether (sulfide) groups is 1. The van der Waals surface area contributed by atoms with Crippen LogP contribution in [0.25, 0.3) is 0 Å². The quantitative estimate of drug-likeness (QED) is 0.544. The Balaban J connectivity index is 1.75. The lowest BCUT2D eigenvalue weighted by molar-refractivity contribution is 0.478. The van der Waals surface area contributed by atoms with Gasteiger partial charge in [-0.05, 0) is 18.2 Å². The molecule has 2 aromatic carbocycles. The molecule has 130 valence electrons. The van der Waals surface area contributed by atoms with E-state index in [2.05, 4.69) is 31.0 Å². The Kier molecular flexibility index (Phi) is 4.99. The van der Waals surface area contributed by atoms with Crippen molar-refractivity contribution in [2.45, 2.75) is 37.1 Å². The fourth-order valence-electron chi connectivity index (χ4n) is 2.37. The number of nitrogens with two attached hydrogens (primary N) is 1. The Morgan fingerprint density at radius 1 is 1.00 bits per heavy atom. The molecule has 5 nitrogen and oxygen atoms in total. The highest BCUT2D eigenvalue weighted by Crippen LogP contribution is 2.31. The van der Waals surface area contributed by atoms with Crippen molar-refractivity contribution in [3.8, 4) is 11.5 Å². The fourth-order valence-corrected chi connectivity index (χ4v) is 3.21. The molecule has 0 aliphatic carbocycles. The summed E-state index contributed by atoms with van der Waals surface area (Å²) >= 11 is 1.55. The molecule has 0 saturated heterocycles. The van der Waals surface area contributed by atoms with E-state index in [1.807, 2.05) is 54.6 Å². The van der Waals surface area contributed by atoms with Crippen LogP contribution in [-0.4, -0.2) is 14.9 Å². The van der Waals surface area contributed by atoms with Crippen LogP contribution in [0.3, 0.4) is 0 Å². The minimum absolute atomic E-state index is 0.144. The lowest BCUT2D eigenvalue weighted by Crippen LogP contribution is -2.24. The molecule has 0 aliphatic heterocycles. The molecule has 1 aromatic heterocycles. The Morgan fingerprint density at radius 2 is 1.68 bits per heavy atom. The minimum atomic E-state index is -0.144. The first-order valence-corrected chi connectivity index (χ1v) is 9.08. The smallest absolute Gasteiger partial charge is 0.210 e. The molecular formula is C19H22N4OS. The molecule has 0 unspecified atom stereocenters. The highest BCUT2D eigenvalue weighted by molar-refractivity contribution is 7.98. The average Bonchev–Trinajstić information content (AvgIpc) is 2.96. The van der Waals surface area contributed by atoms with Crippen molar-refractivity contribution in [3.05, 3.63) is 66.0 Å². The molecular weight excluding hydrogens is 332 g/mol. The van der Waals surface area contributed by atoms with Gasteiger partial charge < -0.3 is 10.6 Å². The van der Waals surface area contributed by atoms with E-state index in [1.54, 1.807) is 16.4 Å². The van der Waals surface area contributed by atoms with E-state index in [0.29, 0.717) is 10.9 Å². The molecule has 1 heterocycles. The van der Waals surface area contributed by atoms with Gasteiger partial charge in [0.25, 0.3) is 0 Å². The number of hydrogen-bond donors (Lipinski definition) is 1. The maximum atomic E-state index is 6.15. The van der Waals surface area contributed by atoms with Gasteiger partial charge in [-0.15, -0.1) is 10.2 Å². The summed E-state index contributed by atoms with van der Waals surface area (Å²) in [4.78, 5) is 0. The Hall–Kier alpha value is -2.47. The zero-order valence-electron chi connectivity index (χ0n) is 14.6. The molecule has 0 atom stereocenters. The number of nitrogen functional groups attached to an aromatic ring is 1. The summed E-state index contributed by atoms with van der Waals surface area (Å²) in [5.41, 5.74) is 0.936. The number of ether oxygens (including phenoxy) is 1. The van der Waals surface area contributed by atoms with E-state index in [9.17, 15) is 0 Å². The third-order valence-corrected chi connectivity index (χ3v) is 4.63. The molecule has 0 bridgehead atoms. The van der Waals surface area contributed by atoms with Crippen molar-refractivity contribution in [1.82, 2.24) is 14.9 Å². The van der Waals surface area contributed by atoms with Gasteiger partial charge in [0.2, 0.25) is 5.16 Å². The van der Waals surface area contributed by atoms with Crippen LogP contribution in [0.4, 0.5) is 0 Å². The third kappa shape index (κ3) is 4.14. The van der Waals surface area contributed by atoms with Crippen LogP contribution in [0.15, 0.2) is 59.8 Å². The maximum absolute atomic E-state index is 6.15. The average molecular weight is 354 g/mol. The highest BCUT2D eigenvalue weighted by Gasteiger charge is 2.23. The van der Waals surface area contributed by atoms with Gasteiger partial charge in [-0.1, -0.05) is 68.9 Å². The van der Waals surface area contributed by atoms with Gasteiger partial charge in [0.15, 0.2) is 5.82 Å². The van der Waals surface area contributed by atoms with Crippen molar-refractivity contribution in [2.24, 2.45) is 0 Å². The summed E-state index contributed by atoms with van der Waals surface area (Å²) in [6.45, 7) is 6.20. The number of benzene rings is 2. The Labute approximate surface area is 152 Å². The SMILES string of the molecule is CC(C)(C)c1nnc(SCc2ccccc2Oc2ccccc2)n1N. The van der Waals surface area contributed by atoms with Gasteiger partial charge in [0, 0.05) is 16.7 Å². The largest absolute Gasteiger partial charge is 0.457 e. The zero-order valence-corrected chi connectivity index (χ0v) is 15.5. The fraction of sp³-hybridized carbons (Fsp3) is 0.263. The first-order chi connectivity index (χ1) is 11.9. The second-order valence-corrected chi connectivity index (χ2v) is 7.68. The second-order valence-electron chi connectivity index (χ2n) is 6.74. The van der Waals surface area contributed by atoms with E-state index in [-0.39, 0.29) is 5.41 Å². The van der Waals surface area contributed by atoms with Crippen LogP contribution in [0, 0.1) is 0 Å². The molecule has 0 saturated carbocycles. The third-order valence-electron chi connectivity index (χ3n) is 3.64. The number of rotatable bonds is 5. The molecule has 0 amide bonds. The van der Waals surface area contributed by atoms with Gasteiger partial charge in [-0.2, -0.15) is 0 Å². The lowest BCUT2D eigenvalue weighted by atomic mass is 9.96. The zero-order chi connectivity index (χ0) is 17.9. The maximum Gasteiger partial charge on any atom is 0.210 e. The molecule has 6 heteroatoms. The van der Waals surface area contributed by atoms with Crippen LogP contribution in [0.5, 0.6) is 11.5 Å². The van der Waals surface area contributed by atoms with Crippen molar-refractivity contribution in [3.63, 3.8) is 0 Å². The van der Waals surface area contributed by atoms with Crippen LogP contribution in [0.1, 0.15) is 32.2 Å². The van der Waals surface area contributed by atoms with Gasteiger partial charge in [-0.25, -0.2) is 4.68 Å². The standard InChI is InChI=1S/C19H22N4OS/c1-19(2,3)17-21-22-18(23(17)20)25-13-14-9-7-8-12-16(14)24-15-10-5-4-6-11-15/h4-12H,13,20H2,1-3H3. The minimum Gasteiger partial charge on any atom is -0.457 e. The molecule has 0 aliphatic rings. The molecule has 3 aromatic rings. The van der Waals surface area contributed by atoms with Gasteiger partial charge in [-0.3, -0.25) is 0 Å². The number of nitrogens with zero attached hydrogens (tertiary/aromatic N) is 3. The van der Waals surface area contributed by atoms with Crippen molar-refractivity contribution >= 4 is 11.8 Å². The number of hydrogen-bond acceptors (Lipinski definition) is 5. The van der Waals surface area contributed by atoms with Gasteiger partial charge in [0.05, 0.1) is 0 Å². The van der Waals surface area contributed by atoms with E-state index >= 15 is 0 Å². The second kappa shape index (κ2) is 7.19. The summed E-state index contributed by atoms with van der Waals surface area (Å²) in [6, 6.07) is 17.7. The Bertz CT molecular complexity index is 840. The molecule has 0 radical (unpaired) electrons. The summed E-state index contributed by atoms with van der Waals surface area (Å²) in [5.74, 6) is 9.27. The number of para-hydroxylation sites is 2. The van der Waals surface area contributed by atoms with E-state index < -0.39 is 0 Å². The van der Waals surface area contributed by atoms with Crippen LogP contribution in [-0.2, 0) is 11.2 Å². The first kappa shape index (κ1) is 17.4. The lowest BCUT2D eigenvalue weighted by Gasteiger charge is -2.16. The monoisotopic (exact) mass is 354 g/mol. The molecule has 2 N–H and O–H groups in total. The summed E-state index contributed by atoms with van der Waals surface area (Å²) in [7, 11) is 0. The molecule has 0 fully saturated rings. The topological polar surface area (TPSA) is 66.0 Å². The predicted molar refractivity (Wildman–Crippen MR) is 101 cm³/mol. The van der Waals surface area contributed by atoms with Gasteiger partial charge in [0.1, 0.15) is 11.5 Å². The normalized spacial score (nSPS) is 11.5. The molecule has 3 rings (SSSR count). The van der Waals surface area contributed by atoms with Crippen LogP contribution < -0.4 is 10.6 Å². The summed E-state index contributed by atoms with van der Waals surface area (Å²) in [6.07, 6.45) is 0. The summed E-state index contributed by atoms with van der Waals surface area (Å²) in [5, 5.41) is 9.14. The first-order valence-electron chi connectivity index (χ1n) is 8.10. The van der Waals surface area contributed by atoms with E-state index in [0.717, 1.165) is 22.9 Å². The predicted octanol–water partition coefficient (Wildman–Crippen LogP) is 4.37. The van der Waals surface area contributed by atoms with Crippen molar-refractivity contribution in [1.29, 1.82) is 0 Å². The molecule has 25 heavy (non-hydrogen) atoms. The van der Waals surface area contributed by atoms with Gasteiger partial charge >= 0.3 is 0 Å². The summed E-state index contributed by atoms with van der Waals surface area (Å²) < 4.78 is 7.57. The van der Waals surface area contributed by atoms with E-state index in [1.165, 1.54) is 0 Å². The Morgan fingerprint density at radius 3 is 2.36 bits per heavy atom. The van der Waals surface area contributed by atoms with Crippen molar-refractivity contribution in [2.75, 3.05) is 5.84 Å². The number of aromatic nitrogens is 3. The highest BCUT2D eigenvalue weighted by atomic mass is 32.2. The van der Waals surface area contributed by atoms with Crippen molar-refractivity contribution < 1.29 is 4.74 Å². The van der Waals surface area contributed by atoms with Crippen LogP contribution >= 0.6 is 11.8 Å². The van der Waals surface area contributed by atoms with Crippen LogP contribution in [0.2, 0.25) is 0 Å². The molecule has 0 spiro atoms.